The van der Waals surface area contributed by atoms with Gasteiger partial charge >= 0.3 is 18.0 Å². The van der Waals surface area contributed by atoms with Gasteiger partial charge in [0.05, 0.1) is 32.3 Å². The summed E-state index contributed by atoms with van der Waals surface area (Å²) in [5.74, 6) is -20.9. The standard InChI is InChI=1S/C16H11F7O6/c1-26-9-6-3-4-28-10(6)12(27-2)11-8(9)7(24)5-13(25,29-11)14(17,18)15(19,20)16(21,22)23/h3-4,25H,5H2,1-2H3. The molecule has 0 amide bonds. The van der Waals surface area contributed by atoms with Gasteiger partial charge in [-0.15, -0.1) is 0 Å². The number of ketones is 1. The van der Waals surface area contributed by atoms with Crippen LogP contribution in [0.15, 0.2) is 16.7 Å². The molecular weight excluding hydrogens is 421 g/mol. The maximum Gasteiger partial charge on any atom is 0.460 e. The van der Waals surface area contributed by atoms with Crippen molar-refractivity contribution < 1.29 is 59.3 Å². The molecule has 1 N–H and O–H groups in total. The molecular formula is C16H11F7O6. The minimum atomic E-state index is -6.74. The van der Waals surface area contributed by atoms with Crippen molar-refractivity contribution in [3.05, 3.63) is 17.9 Å². The Bertz CT molecular complexity index is 980. The summed E-state index contributed by atoms with van der Waals surface area (Å²) in [6.45, 7) is 0. The Hall–Kier alpha value is -2.70. The van der Waals surface area contributed by atoms with Crippen LogP contribution < -0.4 is 14.2 Å². The zero-order valence-electron chi connectivity index (χ0n) is 14.5. The number of alkyl halides is 7. The molecule has 13 heteroatoms. The fraction of sp³-hybridized carbons (Fsp3) is 0.438. The molecule has 1 aromatic carbocycles. The number of ether oxygens (including phenoxy) is 3. The van der Waals surface area contributed by atoms with Crippen LogP contribution in [0.4, 0.5) is 30.7 Å². The second kappa shape index (κ2) is 6.15. The fourth-order valence-electron chi connectivity index (χ4n) is 2.98. The number of hydrogen-bond donors (Lipinski definition) is 1. The summed E-state index contributed by atoms with van der Waals surface area (Å²) in [5.41, 5.74) is -0.833. The van der Waals surface area contributed by atoms with E-state index in [-0.39, 0.29) is 16.7 Å². The van der Waals surface area contributed by atoms with Crippen molar-refractivity contribution in [2.75, 3.05) is 14.2 Å². The Labute approximate surface area is 156 Å². The molecule has 0 radical (unpaired) electrons. The van der Waals surface area contributed by atoms with Crippen LogP contribution in [-0.4, -0.2) is 48.9 Å². The van der Waals surface area contributed by atoms with Crippen molar-refractivity contribution in [1.82, 2.24) is 0 Å². The lowest BCUT2D eigenvalue weighted by molar-refractivity contribution is -0.415. The minimum absolute atomic E-state index is 0.109. The first-order valence-electron chi connectivity index (χ1n) is 7.65. The molecule has 3 rings (SSSR count). The monoisotopic (exact) mass is 432 g/mol. The summed E-state index contributed by atoms with van der Waals surface area (Å²) >= 11 is 0. The van der Waals surface area contributed by atoms with Crippen molar-refractivity contribution >= 4 is 16.8 Å². The Morgan fingerprint density at radius 2 is 1.66 bits per heavy atom. The second-order valence-electron chi connectivity index (χ2n) is 6.07. The predicted octanol–water partition coefficient (Wildman–Crippen LogP) is 3.94. The van der Waals surface area contributed by atoms with E-state index < -0.39 is 53.1 Å². The van der Waals surface area contributed by atoms with Crippen LogP contribution in [0.25, 0.3) is 11.0 Å². The van der Waals surface area contributed by atoms with Gasteiger partial charge in [0.2, 0.25) is 5.75 Å². The van der Waals surface area contributed by atoms with Gasteiger partial charge in [-0.25, -0.2) is 0 Å². The number of Topliss-reactive ketones (excluding diaryl/α,β-unsaturated/α-hetero) is 1. The zero-order valence-corrected chi connectivity index (χ0v) is 14.5. The van der Waals surface area contributed by atoms with Crippen LogP contribution >= 0.6 is 0 Å². The molecule has 1 unspecified atom stereocenters. The molecule has 1 aliphatic rings. The van der Waals surface area contributed by atoms with Crippen molar-refractivity contribution in [2.45, 2.75) is 30.2 Å². The van der Waals surface area contributed by atoms with E-state index in [1.165, 1.54) is 6.07 Å². The van der Waals surface area contributed by atoms with Crippen molar-refractivity contribution in [3.8, 4) is 17.2 Å². The van der Waals surface area contributed by atoms with Crippen LogP contribution in [0.1, 0.15) is 16.8 Å². The fourth-order valence-corrected chi connectivity index (χ4v) is 2.98. The van der Waals surface area contributed by atoms with Gasteiger partial charge in [-0.05, 0) is 6.07 Å². The molecule has 29 heavy (non-hydrogen) atoms. The predicted molar refractivity (Wildman–Crippen MR) is 79.8 cm³/mol. The molecule has 0 saturated carbocycles. The highest BCUT2D eigenvalue weighted by molar-refractivity contribution is 6.10. The van der Waals surface area contributed by atoms with Gasteiger partial charge in [0.25, 0.3) is 5.79 Å². The first-order chi connectivity index (χ1) is 13.2. The van der Waals surface area contributed by atoms with Gasteiger partial charge in [-0.1, -0.05) is 0 Å². The zero-order chi connectivity index (χ0) is 22.0. The van der Waals surface area contributed by atoms with E-state index in [0.717, 1.165) is 20.5 Å². The third-order valence-corrected chi connectivity index (χ3v) is 4.38. The van der Waals surface area contributed by atoms with E-state index in [1.54, 1.807) is 0 Å². The van der Waals surface area contributed by atoms with E-state index in [2.05, 4.69) is 4.74 Å². The third kappa shape index (κ3) is 2.63. The average Bonchev–Trinajstić information content (AvgIpc) is 3.07. The highest BCUT2D eigenvalue weighted by Crippen LogP contribution is 2.57. The summed E-state index contributed by atoms with van der Waals surface area (Å²) < 4.78 is 112. The Kier molecular flexibility index (Phi) is 4.46. The van der Waals surface area contributed by atoms with E-state index in [0.29, 0.717) is 0 Å². The second-order valence-corrected chi connectivity index (χ2v) is 6.07. The number of carbonyl (C=O) groups is 1. The smallest absolute Gasteiger partial charge is 0.460 e. The Morgan fingerprint density at radius 3 is 2.17 bits per heavy atom. The quantitative estimate of drug-likeness (QED) is 0.738. The first kappa shape index (κ1) is 21.0. The van der Waals surface area contributed by atoms with Gasteiger partial charge in [0.1, 0.15) is 11.3 Å². The molecule has 1 aromatic heterocycles. The molecule has 0 fully saturated rings. The molecule has 160 valence electrons. The van der Waals surface area contributed by atoms with Gasteiger partial charge in [-0.2, -0.15) is 30.7 Å². The maximum atomic E-state index is 14.2. The van der Waals surface area contributed by atoms with E-state index in [4.69, 9.17) is 13.9 Å². The number of methoxy groups -OCH3 is 2. The lowest BCUT2D eigenvalue weighted by atomic mass is 9.89. The third-order valence-electron chi connectivity index (χ3n) is 4.38. The van der Waals surface area contributed by atoms with Gasteiger partial charge in [0.15, 0.2) is 17.1 Å². The lowest BCUT2D eigenvalue weighted by Gasteiger charge is -2.42. The summed E-state index contributed by atoms with van der Waals surface area (Å²) in [5, 5.41) is 10.1. The molecule has 0 aliphatic carbocycles. The molecule has 0 spiro atoms. The van der Waals surface area contributed by atoms with Gasteiger partial charge in [-0.3, -0.25) is 4.79 Å². The molecule has 1 atom stereocenters. The number of benzene rings is 1. The van der Waals surface area contributed by atoms with Crippen LogP contribution in [0, 0.1) is 0 Å². The molecule has 0 saturated heterocycles. The normalized spacial score (nSPS) is 20.4. The summed E-state index contributed by atoms with van der Waals surface area (Å²) in [4.78, 5) is 12.5. The van der Waals surface area contributed by atoms with E-state index in [9.17, 15) is 40.6 Å². The number of hydrogen-bond acceptors (Lipinski definition) is 6. The molecule has 1 aliphatic heterocycles. The van der Waals surface area contributed by atoms with Crippen LogP contribution in [0.2, 0.25) is 0 Å². The van der Waals surface area contributed by atoms with Crippen LogP contribution in [0.5, 0.6) is 17.2 Å². The first-order valence-corrected chi connectivity index (χ1v) is 7.65. The maximum absolute atomic E-state index is 14.2. The van der Waals surface area contributed by atoms with Crippen molar-refractivity contribution in [1.29, 1.82) is 0 Å². The van der Waals surface area contributed by atoms with E-state index in [1.807, 2.05) is 0 Å². The number of carbonyl (C=O) groups excluding carboxylic acids is 1. The summed E-state index contributed by atoms with van der Waals surface area (Å²) in [6, 6.07) is 1.30. The van der Waals surface area contributed by atoms with E-state index >= 15 is 0 Å². The Morgan fingerprint density at radius 1 is 1.07 bits per heavy atom. The Balaban J connectivity index is 2.27. The molecule has 0 bridgehead atoms. The summed E-state index contributed by atoms with van der Waals surface area (Å²) in [6.07, 6.45) is -7.57. The molecule has 2 heterocycles. The minimum Gasteiger partial charge on any atom is -0.495 e. The van der Waals surface area contributed by atoms with Gasteiger partial charge < -0.3 is 23.7 Å². The number of fused-ring (bicyclic) bond motifs is 2. The highest BCUT2D eigenvalue weighted by Gasteiger charge is 2.82. The van der Waals surface area contributed by atoms with Crippen LogP contribution in [0.3, 0.4) is 0 Å². The van der Waals surface area contributed by atoms with Crippen molar-refractivity contribution in [3.63, 3.8) is 0 Å². The largest absolute Gasteiger partial charge is 0.495 e. The number of halogens is 7. The number of aliphatic hydroxyl groups is 1. The summed E-state index contributed by atoms with van der Waals surface area (Å²) in [7, 11) is 2.04. The van der Waals surface area contributed by atoms with Crippen LogP contribution in [-0.2, 0) is 0 Å². The highest BCUT2D eigenvalue weighted by atomic mass is 19.4. The molecule has 6 nitrogen and oxygen atoms in total. The van der Waals surface area contributed by atoms with Crippen molar-refractivity contribution in [2.24, 2.45) is 0 Å². The van der Waals surface area contributed by atoms with Gasteiger partial charge in [0, 0.05) is 0 Å². The average molecular weight is 432 g/mol. The topological polar surface area (TPSA) is 78.1 Å². The molecule has 2 aromatic rings. The lowest BCUT2D eigenvalue weighted by Crippen LogP contribution is -2.67. The number of furan rings is 1. The SMILES string of the molecule is COc1c2c(c(OC)c3occc13)OC(O)(C(F)(F)C(F)(F)C(F)(F)F)CC2=O. The number of rotatable bonds is 4.